The molecule has 0 atom stereocenters. The molecule has 0 spiro atoms. The highest BCUT2D eigenvalue weighted by atomic mass is 35.5. The van der Waals surface area contributed by atoms with Gasteiger partial charge in [0.25, 0.3) is 10.0 Å². The van der Waals surface area contributed by atoms with Crippen LogP contribution in [0, 0.1) is 6.92 Å². The van der Waals surface area contributed by atoms with Crippen LogP contribution in [-0.2, 0) is 10.0 Å². The summed E-state index contributed by atoms with van der Waals surface area (Å²) in [5.74, 6) is -1.25. The quantitative estimate of drug-likeness (QED) is 0.869. The topological polar surface area (TPSA) is 83.5 Å². The molecule has 0 aliphatic carbocycles. The van der Waals surface area contributed by atoms with E-state index in [1.165, 1.54) is 18.2 Å². The van der Waals surface area contributed by atoms with Crippen molar-refractivity contribution in [2.75, 3.05) is 4.72 Å². The molecule has 0 fully saturated rings. The van der Waals surface area contributed by atoms with E-state index in [1.807, 2.05) is 0 Å². The normalized spacial score (nSPS) is 11.2. The van der Waals surface area contributed by atoms with E-state index in [4.69, 9.17) is 28.3 Å². The number of carbonyl (C=O) groups is 1. The number of hydrogen-bond donors (Lipinski definition) is 2. The fraction of sp³-hybridized carbons (Fsp3) is 0.0714. The lowest BCUT2D eigenvalue weighted by Gasteiger charge is -2.11. The minimum atomic E-state index is -3.89. The SMILES string of the molecule is Cc1ccc(Cl)cc1S(=O)(=O)Nc1ccc(Cl)c(C(=O)O)c1. The van der Waals surface area contributed by atoms with Crippen LogP contribution in [0.2, 0.25) is 10.0 Å². The molecule has 0 aliphatic rings. The molecule has 2 aromatic carbocycles. The predicted octanol–water partition coefficient (Wildman–Crippen LogP) is 3.80. The van der Waals surface area contributed by atoms with Gasteiger partial charge < -0.3 is 5.11 Å². The molecule has 0 heterocycles. The van der Waals surface area contributed by atoms with E-state index in [1.54, 1.807) is 19.1 Å². The first-order valence-electron chi connectivity index (χ1n) is 6.02. The minimum absolute atomic E-state index is 0.0202. The van der Waals surface area contributed by atoms with E-state index >= 15 is 0 Å². The van der Waals surface area contributed by atoms with Gasteiger partial charge in [-0.05, 0) is 42.8 Å². The van der Waals surface area contributed by atoms with Crippen molar-refractivity contribution in [2.45, 2.75) is 11.8 Å². The Morgan fingerprint density at radius 2 is 1.82 bits per heavy atom. The minimum Gasteiger partial charge on any atom is -0.478 e. The summed E-state index contributed by atoms with van der Waals surface area (Å²) in [4.78, 5) is 11.0. The fourth-order valence-electron chi connectivity index (χ4n) is 1.83. The maximum Gasteiger partial charge on any atom is 0.337 e. The summed E-state index contributed by atoms with van der Waals surface area (Å²) in [6, 6.07) is 8.34. The number of nitrogens with one attached hydrogen (secondary N) is 1. The molecule has 22 heavy (non-hydrogen) atoms. The third kappa shape index (κ3) is 3.52. The van der Waals surface area contributed by atoms with Crippen LogP contribution in [0.1, 0.15) is 15.9 Å². The van der Waals surface area contributed by atoms with Gasteiger partial charge in [-0.15, -0.1) is 0 Å². The highest BCUT2D eigenvalue weighted by Gasteiger charge is 2.19. The lowest BCUT2D eigenvalue weighted by molar-refractivity contribution is 0.0697. The van der Waals surface area contributed by atoms with Crippen LogP contribution in [0.5, 0.6) is 0 Å². The Kier molecular flexibility index (Phi) is 4.65. The first-order chi connectivity index (χ1) is 10.2. The van der Waals surface area contributed by atoms with Crippen molar-refractivity contribution >= 4 is 44.9 Å². The summed E-state index contributed by atoms with van der Waals surface area (Å²) in [5, 5.41) is 9.31. The van der Waals surface area contributed by atoms with E-state index < -0.39 is 16.0 Å². The molecule has 0 unspecified atom stereocenters. The number of halogens is 2. The molecule has 0 aliphatic heterocycles. The number of anilines is 1. The molecular weight excluding hydrogens is 349 g/mol. The Hall–Kier alpha value is -1.76. The summed E-state index contributed by atoms with van der Waals surface area (Å²) in [5.41, 5.74) is 0.426. The maximum atomic E-state index is 12.4. The Balaban J connectivity index is 2.43. The van der Waals surface area contributed by atoms with Crippen LogP contribution < -0.4 is 4.72 Å². The van der Waals surface area contributed by atoms with E-state index in [2.05, 4.69) is 4.72 Å². The lowest BCUT2D eigenvalue weighted by atomic mass is 10.2. The van der Waals surface area contributed by atoms with Gasteiger partial charge in [0.05, 0.1) is 15.5 Å². The highest BCUT2D eigenvalue weighted by molar-refractivity contribution is 7.92. The molecular formula is C14H11Cl2NO4S. The van der Waals surface area contributed by atoms with Gasteiger partial charge in [-0.2, -0.15) is 0 Å². The van der Waals surface area contributed by atoms with Gasteiger partial charge in [-0.3, -0.25) is 4.72 Å². The first-order valence-corrected chi connectivity index (χ1v) is 8.26. The Morgan fingerprint density at radius 1 is 1.14 bits per heavy atom. The standard InChI is InChI=1S/C14H11Cl2NO4S/c1-8-2-3-9(15)6-13(8)22(20,21)17-10-4-5-12(16)11(7-10)14(18)19/h2-7,17H,1H3,(H,18,19). The number of rotatable bonds is 4. The maximum absolute atomic E-state index is 12.4. The summed E-state index contributed by atoms with van der Waals surface area (Å²) in [7, 11) is -3.89. The number of aryl methyl sites for hydroxylation is 1. The molecule has 2 rings (SSSR count). The molecule has 0 saturated heterocycles. The van der Waals surface area contributed by atoms with Crippen molar-refractivity contribution in [1.29, 1.82) is 0 Å². The summed E-state index contributed by atoms with van der Waals surface area (Å²) < 4.78 is 27.1. The number of carboxylic acid groups (broad SMARTS) is 1. The van der Waals surface area contributed by atoms with E-state index in [9.17, 15) is 13.2 Å². The number of carboxylic acids is 1. The average Bonchev–Trinajstić information content (AvgIpc) is 2.43. The molecule has 2 N–H and O–H groups in total. The van der Waals surface area contributed by atoms with Gasteiger partial charge in [-0.25, -0.2) is 13.2 Å². The second-order valence-electron chi connectivity index (χ2n) is 4.52. The number of sulfonamides is 1. The molecule has 8 heteroatoms. The monoisotopic (exact) mass is 359 g/mol. The molecule has 0 bridgehead atoms. The molecule has 5 nitrogen and oxygen atoms in total. The van der Waals surface area contributed by atoms with E-state index in [-0.39, 0.29) is 26.2 Å². The second-order valence-corrected chi connectivity index (χ2v) is 7.01. The van der Waals surface area contributed by atoms with Gasteiger partial charge >= 0.3 is 5.97 Å². The molecule has 2 aromatic rings. The number of aromatic carboxylic acids is 1. The van der Waals surface area contributed by atoms with Crippen molar-refractivity contribution in [1.82, 2.24) is 0 Å². The summed E-state index contributed by atoms with van der Waals surface area (Å²) >= 11 is 11.6. The third-order valence-corrected chi connectivity index (χ3v) is 4.98. The Morgan fingerprint density at radius 3 is 2.45 bits per heavy atom. The Labute approximate surface area is 137 Å². The zero-order valence-corrected chi connectivity index (χ0v) is 13.6. The summed E-state index contributed by atoms with van der Waals surface area (Å²) in [6.07, 6.45) is 0. The van der Waals surface area contributed by atoms with Gasteiger partial charge in [0.1, 0.15) is 0 Å². The summed E-state index contributed by atoms with van der Waals surface area (Å²) in [6.45, 7) is 1.63. The average molecular weight is 360 g/mol. The van der Waals surface area contributed by atoms with Crippen LogP contribution in [-0.4, -0.2) is 19.5 Å². The predicted molar refractivity (Wildman–Crippen MR) is 85.4 cm³/mol. The largest absolute Gasteiger partial charge is 0.478 e. The zero-order valence-electron chi connectivity index (χ0n) is 11.3. The van der Waals surface area contributed by atoms with Gasteiger partial charge in [0.2, 0.25) is 0 Å². The lowest BCUT2D eigenvalue weighted by Crippen LogP contribution is -2.14. The van der Waals surface area contributed by atoms with E-state index in [0.29, 0.717) is 5.56 Å². The van der Waals surface area contributed by atoms with Gasteiger partial charge in [-0.1, -0.05) is 29.3 Å². The third-order valence-electron chi connectivity index (χ3n) is 2.89. The van der Waals surface area contributed by atoms with Crippen molar-refractivity contribution in [3.05, 3.63) is 57.6 Å². The van der Waals surface area contributed by atoms with Crippen LogP contribution >= 0.6 is 23.2 Å². The molecule has 0 amide bonds. The van der Waals surface area contributed by atoms with Crippen molar-refractivity contribution in [2.24, 2.45) is 0 Å². The van der Waals surface area contributed by atoms with Gasteiger partial charge in [0, 0.05) is 10.7 Å². The smallest absolute Gasteiger partial charge is 0.337 e. The molecule has 0 radical (unpaired) electrons. The first kappa shape index (κ1) is 16.6. The molecule has 116 valence electrons. The zero-order chi connectivity index (χ0) is 16.5. The Bertz CT molecular complexity index is 850. The second kappa shape index (κ2) is 6.16. The van der Waals surface area contributed by atoms with Gasteiger partial charge in [0.15, 0.2) is 0 Å². The van der Waals surface area contributed by atoms with Crippen LogP contribution in [0.15, 0.2) is 41.3 Å². The van der Waals surface area contributed by atoms with Crippen LogP contribution in [0.3, 0.4) is 0 Å². The van der Waals surface area contributed by atoms with Crippen LogP contribution in [0.4, 0.5) is 5.69 Å². The fourth-order valence-corrected chi connectivity index (χ4v) is 3.58. The van der Waals surface area contributed by atoms with Crippen molar-refractivity contribution in [3.63, 3.8) is 0 Å². The highest BCUT2D eigenvalue weighted by Crippen LogP contribution is 2.25. The van der Waals surface area contributed by atoms with Crippen LogP contribution in [0.25, 0.3) is 0 Å². The molecule has 0 saturated carbocycles. The van der Waals surface area contributed by atoms with Crippen molar-refractivity contribution in [3.8, 4) is 0 Å². The molecule has 0 aromatic heterocycles. The van der Waals surface area contributed by atoms with E-state index in [0.717, 1.165) is 6.07 Å². The number of benzene rings is 2. The van der Waals surface area contributed by atoms with Crippen molar-refractivity contribution < 1.29 is 18.3 Å². The number of hydrogen-bond acceptors (Lipinski definition) is 3.